The molecule has 118 valence electrons. The Morgan fingerprint density at radius 2 is 2.09 bits per heavy atom. The number of hydrogen-bond acceptors (Lipinski definition) is 4. The van der Waals surface area contributed by atoms with Crippen LogP contribution in [0.1, 0.15) is 18.4 Å². The predicted octanol–water partition coefficient (Wildman–Crippen LogP) is 0.770. The minimum absolute atomic E-state index is 0.146. The Hall–Kier alpha value is -1.64. The van der Waals surface area contributed by atoms with Gasteiger partial charge in [0.15, 0.2) is 0 Å². The molecule has 22 heavy (non-hydrogen) atoms. The number of halogens is 1. The third kappa shape index (κ3) is 4.43. The maximum absolute atomic E-state index is 12.1. The van der Waals surface area contributed by atoms with E-state index in [0.717, 1.165) is 9.13 Å². The van der Waals surface area contributed by atoms with E-state index in [4.69, 9.17) is 4.74 Å². The van der Waals surface area contributed by atoms with E-state index in [0.29, 0.717) is 19.3 Å². The van der Waals surface area contributed by atoms with Crippen molar-refractivity contribution >= 4 is 40.4 Å². The molecule has 0 radical (unpaired) electrons. The molecule has 1 fully saturated rings. The fourth-order valence-electron chi connectivity index (χ4n) is 2.27. The quantitative estimate of drug-likeness (QED) is 0.549. The SMILES string of the molecule is COC(=O)[C@H](Cc1ccc(I)cc1)NC(=O)[C@@H]1CCC(=O)N1. The van der Waals surface area contributed by atoms with E-state index in [-0.39, 0.29) is 11.8 Å². The smallest absolute Gasteiger partial charge is 0.328 e. The van der Waals surface area contributed by atoms with Crippen molar-refractivity contribution in [1.29, 1.82) is 0 Å². The van der Waals surface area contributed by atoms with E-state index >= 15 is 0 Å². The number of hydrogen-bond donors (Lipinski definition) is 2. The number of carbonyl (C=O) groups excluding carboxylic acids is 3. The molecule has 2 N–H and O–H groups in total. The summed E-state index contributed by atoms with van der Waals surface area (Å²) in [5, 5.41) is 5.25. The Bertz CT molecular complexity index is 573. The van der Waals surface area contributed by atoms with Gasteiger partial charge in [-0.1, -0.05) is 12.1 Å². The molecular weight excluding hydrogens is 399 g/mol. The van der Waals surface area contributed by atoms with Crippen molar-refractivity contribution in [3.05, 3.63) is 33.4 Å². The lowest BCUT2D eigenvalue weighted by Crippen LogP contribution is -2.49. The summed E-state index contributed by atoms with van der Waals surface area (Å²) in [6.07, 6.45) is 1.12. The van der Waals surface area contributed by atoms with Crippen LogP contribution in [0.5, 0.6) is 0 Å². The third-order valence-corrected chi connectivity index (χ3v) is 4.19. The van der Waals surface area contributed by atoms with E-state index in [1.807, 2.05) is 24.3 Å². The van der Waals surface area contributed by atoms with Crippen molar-refractivity contribution < 1.29 is 19.1 Å². The van der Waals surface area contributed by atoms with Crippen LogP contribution in [-0.2, 0) is 25.5 Å². The zero-order valence-corrected chi connectivity index (χ0v) is 14.3. The molecule has 2 atom stereocenters. The number of methoxy groups -OCH3 is 1. The molecule has 0 spiro atoms. The lowest BCUT2D eigenvalue weighted by Gasteiger charge is -2.19. The van der Waals surface area contributed by atoms with Gasteiger partial charge in [-0.3, -0.25) is 9.59 Å². The topological polar surface area (TPSA) is 84.5 Å². The minimum atomic E-state index is -0.768. The molecule has 0 aliphatic carbocycles. The summed E-state index contributed by atoms with van der Waals surface area (Å²) in [6.45, 7) is 0. The fraction of sp³-hybridized carbons (Fsp3) is 0.400. The first-order valence-electron chi connectivity index (χ1n) is 6.91. The van der Waals surface area contributed by atoms with Gasteiger partial charge in [0.1, 0.15) is 12.1 Å². The molecule has 6 nitrogen and oxygen atoms in total. The molecule has 1 aliphatic heterocycles. The molecular formula is C15H17IN2O4. The molecule has 7 heteroatoms. The standard InChI is InChI=1S/C15H17IN2O4/c1-22-15(21)12(8-9-2-4-10(16)5-3-9)18-14(20)11-6-7-13(19)17-11/h2-5,11-12H,6-8H2,1H3,(H,17,19)(H,18,20)/t11-,12-/m0/s1. The zero-order valence-electron chi connectivity index (χ0n) is 12.1. The Labute approximate surface area is 142 Å². The highest BCUT2D eigenvalue weighted by Gasteiger charge is 2.30. The van der Waals surface area contributed by atoms with Crippen LogP contribution in [0.4, 0.5) is 0 Å². The Morgan fingerprint density at radius 1 is 1.41 bits per heavy atom. The summed E-state index contributed by atoms with van der Waals surface area (Å²) in [5.41, 5.74) is 0.923. The number of nitrogens with one attached hydrogen (secondary N) is 2. The Kier molecular flexibility index (Phi) is 5.76. The molecule has 1 aliphatic rings. The summed E-state index contributed by atoms with van der Waals surface area (Å²) in [4.78, 5) is 35.2. The largest absolute Gasteiger partial charge is 0.467 e. The number of amides is 2. The average molecular weight is 416 g/mol. The van der Waals surface area contributed by atoms with Gasteiger partial charge in [0.05, 0.1) is 7.11 Å². The van der Waals surface area contributed by atoms with E-state index in [9.17, 15) is 14.4 Å². The van der Waals surface area contributed by atoms with Crippen LogP contribution in [0.25, 0.3) is 0 Å². The van der Waals surface area contributed by atoms with Crippen molar-refractivity contribution in [3.63, 3.8) is 0 Å². The first-order valence-corrected chi connectivity index (χ1v) is 7.99. The molecule has 2 rings (SSSR count). The lowest BCUT2D eigenvalue weighted by molar-refractivity contribution is -0.145. The second-order valence-corrected chi connectivity index (χ2v) is 6.32. The van der Waals surface area contributed by atoms with Crippen molar-refractivity contribution in [1.82, 2.24) is 10.6 Å². The first kappa shape index (κ1) is 16.7. The average Bonchev–Trinajstić information content (AvgIpc) is 2.94. The van der Waals surface area contributed by atoms with E-state index < -0.39 is 18.1 Å². The Morgan fingerprint density at radius 3 is 2.64 bits per heavy atom. The Balaban J connectivity index is 2.02. The van der Waals surface area contributed by atoms with E-state index in [1.165, 1.54) is 7.11 Å². The molecule has 0 bridgehead atoms. The van der Waals surface area contributed by atoms with Gasteiger partial charge in [-0.25, -0.2) is 4.79 Å². The van der Waals surface area contributed by atoms with Gasteiger partial charge in [-0.2, -0.15) is 0 Å². The van der Waals surface area contributed by atoms with Crippen LogP contribution in [0, 0.1) is 3.57 Å². The maximum atomic E-state index is 12.1. The summed E-state index contributed by atoms with van der Waals surface area (Å²) in [5.74, 6) is -1.00. The van der Waals surface area contributed by atoms with Crippen LogP contribution < -0.4 is 10.6 Å². The van der Waals surface area contributed by atoms with Gasteiger partial charge in [0.25, 0.3) is 0 Å². The number of esters is 1. The van der Waals surface area contributed by atoms with Crippen LogP contribution in [0.3, 0.4) is 0 Å². The highest BCUT2D eigenvalue weighted by molar-refractivity contribution is 14.1. The van der Waals surface area contributed by atoms with Crippen LogP contribution in [-0.4, -0.2) is 37.0 Å². The van der Waals surface area contributed by atoms with Crippen LogP contribution >= 0.6 is 22.6 Å². The normalized spacial score (nSPS) is 18.5. The highest BCUT2D eigenvalue weighted by Crippen LogP contribution is 2.11. The van der Waals surface area contributed by atoms with Gasteiger partial charge in [-0.15, -0.1) is 0 Å². The molecule has 0 unspecified atom stereocenters. The van der Waals surface area contributed by atoms with Gasteiger partial charge < -0.3 is 15.4 Å². The zero-order chi connectivity index (χ0) is 16.1. The first-order chi connectivity index (χ1) is 10.5. The van der Waals surface area contributed by atoms with Crippen molar-refractivity contribution in [2.24, 2.45) is 0 Å². The van der Waals surface area contributed by atoms with Gasteiger partial charge in [0, 0.05) is 16.4 Å². The van der Waals surface area contributed by atoms with Crippen molar-refractivity contribution in [2.45, 2.75) is 31.3 Å². The maximum Gasteiger partial charge on any atom is 0.328 e. The van der Waals surface area contributed by atoms with E-state index in [2.05, 4.69) is 33.2 Å². The third-order valence-electron chi connectivity index (χ3n) is 3.47. The number of carbonyl (C=O) groups is 3. The van der Waals surface area contributed by atoms with Crippen LogP contribution in [0.15, 0.2) is 24.3 Å². The number of rotatable bonds is 5. The summed E-state index contributed by atoms with van der Waals surface area (Å²) in [6, 6.07) is 6.33. The summed E-state index contributed by atoms with van der Waals surface area (Å²) >= 11 is 2.20. The molecule has 1 aromatic carbocycles. The molecule has 1 aromatic rings. The molecule has 1 saturated heterocycles. The molecule has 1 heterocycles. The molecule has 2 amide bonds. The lowest BCUT2D eigenvalue weighted by atomic mass is 10.1. The molecule has 0 saturated carbocycles. The van der Waals surface area contributed by atoms with Crippen molar-refractivity contribution in [3.8, 4) is 0 Å². The number of benzene rings is 1. The predicted molar refractivity (Wildman–Crippen MR) is 88.0 cm³/mol. The second kappa shape index (κ2) is 7.57. The number of ether oxygens (including phenoxy) is 1. The fourth-order valence-corrected chi connectivity index (χ4v) is 2.63. The van der Waals surface area contributed by atoms with Crippen molar-refractivity contribution in [2.75, 3.05) is 7.11 Å². The highest BCUT2D eigenvalue weighted by atomic mass is 127. The van der Waals surface area contributed by atoms with Gasteiger partial charge >= 0.3 is 5.97 Å². The molecule has 0 aromatic heterocycles. The van der Waals surface area contributed by atoms with E-state index in [1.54, 1.807) is 0 Å². The summed E-state index contributed by atoms with van der Waals surface area (Å²) < 4.78 is 5.84. The van der Waals surface area contributed by atoms with Gasteiger partial charge in [-0.05, 0) is 46.7 Å². The monoisotopic (exact) mass is 416 g/mol. The minimum Gasteiger partial charge on any atom is -0.467 e. The van der Waals surface area contributed by atoms with Crippen LogP contribution in [0.2, 0.25) is 0 Å². The summed E-state index contributed by atoms with van der Waals surface area (Å²) in [7, 11) is 1.28. The van der Waals surface area contributed by atoms with Gasteiger partial charge in [0.2, 0.25) is 11.8 Å². The second-order valence-electron chi connectivity index (χ2n) is 5.07.